The summed E-state index contributed by atoms with van der Waals surface area (Å²) in [5.41, 5.74) is 6.60. The number of hydrogen-bond acceptors (Lipinski definition) is 3. The van der Waals surface area contributed by atoms with E-state index in [0.717, 1.165) is 0 Å². The molecule has 0 aliphatic heterocycles. The third-order valence-electron chi connectivity index (χ3n) is 3.60. The Morgan fingerprint density at radius 1 is 0.962 bits per heavy atom. The van der Waals surface area contributed by atoms with Crippen LogP contribution in [-0.2, 0) is 13.0 Å². The van der Waals surface area contributed by atoms with Gasteiger partial charge in [-0.05, 0) is 37.9 Å². The summed E-state index contributed by atoms with van der Waals surface area (Å²) in [6.07, 6.45) is -7.07. The quantitative estimate of drug-likeness (QED) is 0.584. The zero-order valence-corrected chi connectivity index (χ0v) is 14.3. The van der Waals surface area contributed by atoms with Crippen LogP contribution in [0.3, 0.4) is 0 Å². The average molecular weight is 369 g/mol. The zero-order valence-electron chi connectivity index (χ0n) is 14.3. The largest absolute Gasteiger partial charge is 0.455 e. The lowest BCUT2D eigenvalue weighted by Gasteiger charge is -2.21. The molecule has 26 heavy (non-hydrogen) atoms. The van der Waals surface area contributed by atoms with Crippen molar-refractivity contribution in [2.45, 2.75) is 25.1 Å². The fraction of sp³-hybridized carbons (Fsp3) is 0.333. The van der Waals surface area contributed by atoms with Gasteiger partial charge in [-0.3, -0.25) is 0 Å². The highest BCUT2D eigenvalue weighted by Crippen LogP contribution is 2.39. The summed E-state index contributed by atoms with van der Waals surface area (Å²) >= 11 is 0. The first kappa shape index (κ1) is 20.0. The molecule has 0 atom stereocenters. The first-order chi connectivity index (χ1) is 12.0. The molecule has 0 aliphatic rings. The first-order valence-electron chi connectivity index (χ1n) is 7.73. The predicted molar refractivity (Wildman–Crippen MR) is 89.5 cm³/mol. The van der Waals surface area contributed by atoms with E-state index < -0.39 is 18.5 Å². The topological polar surface area (TPSA) is 38.5 Å². The predicted octanol–water partition coefficient (Wildman–Crippen LogP) is 4.86. The van der Waals surface area contributed by atoms with E-state index in [4.69, 9.17) is 10.5 Å². The second kappa shape index (κ2) is 7.49. The number of nitrogen functional groups attached to an aromatic ring is 1. The van der Waals surface area contributed by atoms with E-state index in [1.54, 1.807) is 38.4 Å². The lowest BCUT2D eigenvalue weighted by molar-refractivity contribution is -0.281. The van der Waals surface area contributed by atoms with Crippen molar-refractivity contribution in [1.82, 2.24) is 4.90 Å². The monoisotopic (exact) mass is 369 g/mol. The standard InChI is InChI=1S/C18H19F5N2O/c1-25(2)11-13-8-7-12(10-17(19,20)18(21,22)23)9-16(13)26-15-6-4-3-5-14(15)24/h3-9H,10-11,24H2,1-2H3/i19-1,20-1,21-1,22-1,23-1. The van der Waals surface area contributed by atoms with Crippen LogP contribution in [0.2, 0.25) is 0 Å². The third-order valence-corrected chi connectivity index (χ3v) is 3.60. The average Bonchev–Trinajstić information content (AvgIpc) is 2.50. The van der Waals surface area contributed by atoms with Crippen LogP contribution in [-0.4, -0.2) is 31.1 Å². The summed E-state index contributed by atoms with van der Waals surface area (Å²) < 4.78 is 69.8. The molecular weight excluding hydrogens is 350 g/mol. The minimum absolute atomic E-state index is 0.181. The number of benzene rings is 2. The maximum atomic E-state index is 13.4. The minimum Gasteiger partial charge on any atom is -0.455 e. The number of ether oxygens (including phenoxy) is 1. The summed E-state index contributed by atoms with van der Waals surface area (Å²) in [5.74, 6) is -4.33. The molecule has 8 heteroatoms. The summed E-state index contributed by atoms with van der Waals surface area (Å²) in [6, 6.07) is 10.5. The van der Waals surface area contributed by atoms with Gasteiger partial charge < -0.3 is 15.4 Å². The molecule has 0 saturated carbocycles. The molecule has 142 valence electrons. The number of alkyl halides is 5. The van der Waals surface area contributed by atoms with Crippen LogP contribution in [0.1, 0.15) is 11.1 Å². The molecule has 0 radical (unpaired) electrons. The summed E-state index contributed by atoms with van der Waals surface area (Å²) in [6.45, 7) is 0.415. The molecule has 2 rings (SSSR count). The van der Waals surface area contributed by atoms with Crippen molar-refractivity contribution < 1.29 is 26.7 Å². The highest BCUT2D eigenvalue weighted by molar-refractivity contribution is 5.54. The summed E-state index contributed by atoms with van der Waals surface area (Å²) in [5, 5.41) is 0. The lowest BCUT2D eigenvalue weighted by atomic mass is 10.0. The van der Waals surface area contributed by atoms with Crippen LogP contribution >= 0.6 is 0 Å². The molecule has 0 bridgehead atoms. The molecular formula is C18H19F5N2O. The lowest BCUT2D eigenvalue weighted by Crippen LogP contribution is -2.38. The minimum atomic E-state index is -5.61. The van der Waals surface area contributed by atoms with Crippen LogP contribution in [0.5, 0.6) is 11.5 Å². The molecule has 0 fully saturated rings. The van der Waals surface area contributed by atoms with Crippen LogP contribution in [0.25, 0.3) is 0 Å². The smallest absolute Gasteiger partial charge is 0.453 e. The number of nitrogens with zero attached hydrogens (tertiary/aromatic N) is 1. The Morgan fingerprint density at radius 2 is 1.62 bits per heavy atom. The number of hydrogen-bond donors (Lipinski definition) is 1. The molecule has 0 saturated heterocycles. The zero-order chi connectivity index (χ0) is 19.5. The molecule has 0 aromatic heterocycles. The van der Waals surface area contributed by atoms with E-state index in [9.17, 15) is 22.0 Å². The number of rotatable bonds is 6. The van der Waals surface area contributed by atoms with E-state index in [0.29, 0.717) is 23.5 Å². The molecule has 0 amide bonds. The van der Waals surface area contributed by atoms with Gasteiger partial charge in [0.15, 0.2) is 0 Å². The first-order valence-corrected chi connectivity index (χ1v) is 7.73. The SMILES string of the molecule is CN(C)Cc1ccc(CC([18F])([18F])C([18F])([18F])[18F])cc1Oc1ccccc1N. The molecule has 0 unspecified atom stereocenters. The maximum absolute atomic E-state index is 13.4. The fourth-order valence-electron chi connectivity index (χ4n) is 2.32. The van der Waals surface area contributed by atoms with Crippen molar-refractivity contribution >= 4 is 5.69 Å². The van der Waals surface area contributed by atoms with Gasteiger partial charge in [-0.2, -0.15) is 22.0 Å². The van der Waals surface area contributed by atoms with Gasteiger partial charge in [-0.25, -0.2) is 0 Å². The normalized spacial score (nSPS) is 12.5. The molecule has 2 aromatic carbocycles. The van der Waals surface area contributed by atoms with Gasteiger partial charge in [0.2, 0.25) is 0 Å². The van der Waals surface area contributed by atoms with Crippen molar-refractivity contribution in [2.75, 3.05) is 19.8 Å². The van der Waals surface area contributed by atoms with Gasteiger partial charge in [0.1, 0.15) is 11.5 Å². The van der Waals surface area contributed by atoms with Crippen LogP contribution in [0.15, 0.2) is 42.5 Å². The van der Waals surface area contributed by atoms with Gasteiger partial charge in [0.05, 0.1) is 5.69 Å². The Hall–Kier alpha value is -2.35. The van der Waals surface area contributed by atoms with E-state index in [2.05, 4.69) is 0 Å². The Kier molecular flexibility index (Phi) is 5.75. The van der Waals surface area contributed by atoms with Gasteiger partial charge in [0, 0.05) is 18.5 Å². The molecule has 2 N–H and O–H groups in total. The van der Waals surface area contributed by atoms with E-state index >= 15 is 0 Å². The van der Waals surface area contributed by atoms with Crippen molar-refractivity contribution in [3.63, 3.8) is 0 Å². The van der Waals surface area contributed by atoms with Crippen LogP contribution in [0, 0.1) is 0 Å². The van der Waals surface area contributed by atoms with Gasteiger partial charge >= 0.3 is 12.1 Å². The maximum Gasteiger partial charge on any atom is 0.453 e. The number of anilines is 1. The highest BCUT2D eigenvalue weighted by Gasteiger charge is 2.57. The van der Waals surface area contributed by atoms with Crippen molar-refractivity contribution in [2.24, 2.45) is 0 Å². The van der Waals surface area contributed by atoms with Crippen molar-refractivity contribution in [3.8, 4) is 11.5 Å². The molecule has 2 aromatic rings. The van der Waals surface area contributed by atoms with Crippen molar-refractivity contribution in [3.05, 3.63) is 53.6 Å². The Morgan fingerprint density at radius 3 is 2.19 bits per heavy atom. The number of halogens is 5. The Balaban J connectivity index is 2.38. The van der Waals surface area contributed by atoms with Crippen molar-refractivity contribution in [1.29, 1.82) is 0 Å². The molecule has 3 nitrogen and oxygen atoms in total. The van der Waals surface area contributed by atoms with Gasteiger partial charge in [-0.15, -0.1) is 0 Å². The molecule has 0 spiro atoms. The van der Waals surface area contributed by atoms with E-state index in [1.807, 2.05) is 4.90 Å². The number of para-hydroxylation sites is 2. The highest BCUT2D eigenvalue weighted by atomic mass is 18.5. The van der Waals surface area contributed by atoms with E-state index in [1.165, 1.54) is 18.2 Å². The van der Waals surface area contributed by atoms with Crippen LogP contribution in [0.4, 0.5) is 27.6 Å². The van der Waals surface area contributed by atoms with Gasteiger partial charge in [0.25, 0.3) is 0 Å². The summed E-state index contributed by atoms with van der Waals surface area (Å²) in [7, 11) is 3.60. The van der Waals surface area contributed by atoms with Crippen LogP contribution < -0.4 is 10.5 Å². The Bertz CT molecular complexity index is 759. The van der Waals surface area contributed by atoms with E-state index in [-0.39, 0.29) is 11.3 Å². The second-order valence-electron chi connectivity index (χ2n) is 6.20. The summed E-state index contributed by atoms with van der Waals surface area (Å²) in [4.78, 5) is 1.82. The third kappa shape index (κ3) is 4.85. The number of nitrogens with two attached hydrogens (primary N) is 1. The molecule has 0 aliphatic carbocycles. The van der Waals surface area contributed by atoms with Gasteiger partial charge in [-0.1, -0.05) is 24.3 Å². The second-order valence-corrected chi connectivity index (χ2v) is 6.20. The fourth-order valence-corrected chi connectivity index (χ4v) is 2.32. The molecule has 0 heterocycles. The Labute approximate surface area is 148 Å².